The minimum Gasteiger partial charge on any atom is -0.391 e. The molecule has 1 aromatic rings. The first-order valence-electron chi connectivity index (χ1n) is 5.88. The lowest BCUT2D eigenvalue weighted by Crippen LogP contribution is -2.50. The molecular formula is C13H18N2O2. The van der Waals surface area contributed by atoms with E-state index < -0.39 is 6.10 Å². The molecule has 0 aliphatic carbocycles. The van der Waals surface area contributed by atoms with Gasteiger partial charge in [0.25, 0.3) is 5.91 Å². The molecule has 92 valence electrons. The van der Waals surface area contributed by atoms with Crippen LogP contribution in [0.5, 0.6) is 0 Å². The lowest BCUT2D eigenvalue weighted by atomic mass is 9.80. The van der Waals surface area contributed by atoms with Gasteiger partial charge in [0.15, 0.2) is 0 Å². The molecule has 1 aromatic heterocycles. The smallest absolute Gasteiger partial charge is 0.255 e. The maximum Gasteiger partial charge on any atom is 0.255 e. The lowest BCUT2D eigenvalue weighted by Gasteiger charge is -2.41. The molecule has 0 radical (unpaired) electrons. The molecule has 1 amide bonds. The quantitative estimate of drug-likeness (QED) is 0.797. The summed E-state index contributed by atoms with van der Waals surface area (Å²) in [5.74, 6) is -0.0485. The van der Waals surface area contributed by atoms with E-state index in [1.165, 1.54) is 0 Å². The molecule has 1 saturated heterocycles. The van der Waals surface area contributed by atoms with Crippen LogP contribution in [0.3, 0.4) is 0 Å². The second-order valence-electron chi connectivity index (χ2n) is 5.25. The Morgan fingerprint density at radius 2 is 2.35 bits per heavy atom. The van der Waals surface area contributed by atoms with Crippen LogP contribution in [0.1, 0.15) is 30.6 Å². The first-order valence-corrected chi connectivity index (χ1v) is 5.88. The van der Waals surface area contributed by atoms with Crippen LogP contribution in [0.2, 0.25) is 0 Å². The highest BCUT2D eigenvalue weighted by molar-refractivity contribution is 5.93. The molecule has 2 rings (SSSR count). The van der Waals surface area contributed by atoms with Crippen molar-refractivity contribution in [2.24, 2.45) is 5.41 Å². The van der Waals surface area contributed by atoms with Crippen LogP contribution >= 0.6 is 0 Å². The Hall–Kier alpha value is -1.42. The first-order chi connectivity index (χ1) is 8.00. The van der Waals surface area contributed by atoms with Gasteiger partial charge in [-0.3, -0.25) is 9.78 Å². The van der Waals surface area contributed by atoms with Crippen molar-refractivity contribution < 1.29 is 9.90 Å². The van der Waals surface area contributed by atoms with Gasteiger partial charge in [-0.1, -0.05) is 13.8 Å². The van der Waals surface area contributed by atoms with Gasteiger partial charge < -0.3 is 10.0 Å². The third kappa shape index (κ3) is 2.47. The van der Waals surface area contributed by atoms with Gasteiger partial charge in [-0.25, -0.2) is 0 Å². The number of amides is 1. The van der Waals surface area contributed by atoms with Gasteiger partial charge in [0.2, 0.25) is 0 Å². The van der Waals surface area contributed by atoms with Gasteiger partial charge in [-0.15, -0.1) is 0 Å². The Kier molecular flexibility index (Phi) is 3.15. The number of aromatic nitrogens is 1. The Bertz CT molecular complexity index is 403. The van der Waals surface area contributed by atoms with E-state index in [0.717, 1.165) is 6.42 Å². The van der Waals surface area contributed by atoms with Crippen molar-refractivity contribution in [3.05, 3.63) is 30.1 Å². The summed E-state index contributed by atoms with van der Waals surface area (Å²) in [7, 11) is 0. The van der Waals surface area contributed by atoms with Crippen molar-refractivity contribution in [1.29, 1.82) is 0 Å². The van der Waals surface area contributed by atoms with Crippen LogP contribution < -0.4 is 0 Å². The van der Waals surface area contributed by atoms with E-state index in [1.807, 2.05) is 13.8 Å². The highest BCUT2D eigenvalue weighted by atomic mass is 16.3. The Morgan fingerprint density at radius 1 is 1.59 bits per heavy atom. The number of aliphatic hydroxyl groups is 1. The molecule has 0 bridgehead atoms. The van der Waals surface area contributed by atoms with Gasteiger partial charge in [-0.2, -0.15) is 0 Å². The third-order valence-corrected chi connectivity index (χ3v) is 3.52. The summed E-state index contributed by atoms with van der Waals surface area (Å²) < 4.78 is 0. The van der Waals surface area contributed by atoms with Gasteiger partial charge in [0, 0.05) is 25.5 Å². The van der Waals surface area contributed by atoms with E-state index in [1.54, 1.807) is 29.4 Å². The van der Waals surface area contributed by atoms with Gasteiger partial charge in [-0.05, 0) is 24.0 Å². The molecule has 2 heterocycles. The summed E-state index contributed by atoms with van der Waals surface area (Å²) >= 11 is 0. The topological polar surface area (TPSA) is 53.4 Å². The largest absolute Gasteiger partial charge is 0.391 e. The number of piperidine rings is 1. The van der Waals surface area contributed by atoms with Crippen molar-refractivity contribution in [3.63, 3.8) is 0 Å². The predicted octanol–water partition coefficient (Wildman–Crippen LogP) is 1.31. The number of carbonyl (C=O) groups is 1. The minimum absolute atomic E-state index is 0.0485. The molecule has 1 aliphatic rings. The average Bonchev–Trinajstić information content (AvgIpc) is 2.33. The molecule has 1 fully saturated rings. The zero-order chi connectivity index (χ0) is 12.5. The molecule has 0 spiro atoms. The van der Waals surface area contributed by atoms with Crippen LogP contribution in [0.4, 0.5) is 0 Å². The van der Waals surface area contributed by atoms with Crippen molar-refractivity contribution in [3.8, 4) is 0 Å². The van der Waals surface area contributed by atoms with E-state index in [2.05, 4.69) is 4.98 Å². The van der Waals surface area contributed by atoms with E-state index in [4.69, 9.17) is 0 Å². The lowest BCUT2D eigenvalue weighted by molar-refractivity contribution is -0.0191. The van der Waals surface area contributed by atoms with Crippen molar-refractivity contribution >= 4 is 5.91 Å². The maximum atomic E-state index is 12.1. The average molecular weight is 234 g/mol. The van der Waals surface area contributed by atoms with Crippen molar-refractivity contribution in [2.75, 3.05) is 13.1 Å². The summed E-state index contributed by atoms with van der Waals surface area (Å²) in [4.78, 5) is 17.8. The van der Waals surface area contributed by atoms with Crippen LogP contribution in [0.15, 0.2) is 24.5 Å². The highest BCUT2D eigenvalue weighted by Crippen LogP contribution is 2.30. The molecule has 1 aliphatic heterocycles. The second kappa shape index (κ2) is 4.45. The minimum atomic E-state index is -0.461. The fourth-order valence-electron chi connectivity index (χ4n) is 1.99. The van der Waals surface area contributed by atoms with Crippen LogP contribution in [0.25, 0.3) is 0 Å². The Morgan fingerprint density at radius 3 is 2.94 bits per heavy atom. The normalized spacial score (nSPS) is 23.5. The number of hydrogen-bond acceptors (Lipinski definition) is 3. The first kappa shape index (κ1) is 12.0. The number of nitrogens with zero attached hydrogens (tertiary/aromatic N) is 2. The van der Waals surface area contributed by atoms with Crippen LogP contribution in [0, 0.1) is 5.41 Å². The van der Waals surface area contributed by atoms with E-state index in [-0.39, 0.29) is 11.3 Å². The monoisotopic (exact) mass is 234 g/mol. The summed E-state index contributed by atoms with van der Waals surface area (Å²) in [6.45, 7) is 5.16. The Labute approximate surface area is 101 Å². The summed E-state index contributed by atoms with van der Waals surface area (Å²) in [6, 6.07) is 3.50. The molecule has 0 saturated carbocycles. The number of aliphatic hydroxyl groups excluding tert-OH is 1. The molecule has 1 unspecified atom stereocenters. The molecule has 4 heteroatoms. The van der Waals surface area contributed by atoms with Gasteiger partial charge >= 0.3 is 0 Å². The highest BCUT2D eigenvalue weighted by Gasteiger charge is 2.36. The molecule has 4 nitrogen and oxygen atoms in total. The van der Waals surface area contributed by atoms with Gasteiger partial charge in [0.05, 0.1) is 11.7 Å². The molecule has 0 aromatic carbocycles. The summed E-state index contributed by atoms with van der Waals surface area (Å²) in [5, 5.41) is 9.99. The Balaban J connectivity index is 2.08. The zero-order valence-corrected chi connectivity index (χ0v) is 10.3. The molecule has 1 atom stereocenters. The third-order valence-electron chi connectivity index (χ3n) is 3.52. The number of likely N-dealkylation sites (tertiary alicyclic amines) is 1. The number of hydrogen-bond donors (Lipinski definition) is 1. The molecule has 17 heavy (non-hydrogen) atoms. The standard InChI is InChI=1S/C13H18N2O2/c1-13(2)5-7-15(9-11(13)16)12(17)10-4-3-6-14-8-10/h3-4,6,8,11,16H,5,7,9H2,1-2H3. The van der Waals surface area contributed by atoms with Crippen LogP contribution in [-0.2, 0) is 0 Å². The van der Waals surface area contributed by atoms with Crippen molar-refractivity contribution in [1.82, 2.24) is 9.88 Å². The number of carbonyl (C=O) groups excluding carboxylic acids is 1. The molecule has 1 N–H and O–H groups in total. The maximum absolute atomic E-state index is 12.1. The summed E-state index contributed by atoms with van der Waals surface area (Å²) in [5.41, 5.74) is 0.477. The molecular weight excluding hydrogens is 216 g/mol. The zero-order valence-electron chi connectivity index (χ0n) is 10.3. The SMILES string of the molecule is CC1(C)CCN(C(=O)c2cccnc2)CC1O. The van der Waals surface area contributed by atoms with E-state index >= 15 is 0 Å². The van der Waals surface area contributed by atoms with E-state index in [9.17, 15) is 9.90 Å². The van der Waals surface area contributed by atoms with Crippen molar-refractivity contribution in [2.45, 2.75) is 26.4 Å². The van der Waals surface area contributed by atoms with Crippen LogP contribution in [-0.4, -0.2) is 40.1 Å². The second-order valence-corrected chi connectivity index (χ2v) is 5.25. The fourth-order valence-corrected chi connectivity index (χ4v) is 1.99. The summed E-state index contributed by atoms with van der Waals surface area (Å²) in [6.07, 6.45) is 3.57. The number of rotatable bonds is 1. The van der Waals surface area contributed by atoms with E-state index in [0.29, 0.717) is 18.7 Å². The van der Waals surface area contributed by atoms with Gasteiger partial charge in [0.1, 0.15) is 0 Å². The predicted molar refractivity (Wildman–Crippen MR) is 64.5 cm³/mol. The number of pyridine rings is 1. The fraction of sp³-hybridized carbons (Fsp3) is 0.538. The number of β-amino-alcohol motifs (C(OH)–C–C–N with tert-alkyl or cyclic N) is 1.